The SMILES string of the molecule is COc1ccc2c(c1)C(=O)CC(C)(CCC(C)C)O2. The van der Waals surface area contributed by atoms with Crippen molar-refractivity contribution in [2.45, 2.75) is 45.6 Å². The number of carbonyl (C=O) groups excluding carboxylic acids is 1. The summed E-state index contributed by atoms with van der Waals surface area (Å²) in [5.74, 6) is 2.14. The van der Waals surface area contributed by atoms with Crippen LogP contribution in [0.2, 0.25) is 0 Å². The maximum absolute atomic E-state index is 12.3. The normalized spacial score (nSPS) is 22.1. The van der Waals surface area contributed by atoms with E-state index in [0.717, 1.165) is 12.8 Å². The molecule has 0 bridgehead atoms. The Hall–Kier alpha value is -1.51. The fourth-order valence-corrected chi connectivity index (χ4v) is 2.41. The average molecular weight is 262 g/mol. The zero-order valence-corrected chi connectivity index (χ0v) is 12.2. The quantitative estimate of drug-likeness (QED) is 0.826. The molecule has 1 atom stereocenters. The van der Waals surface area contributed by atoms with Gasteiger partial charge in [0.2, 0.25) is 0 Å². The largest absolute Gasteiger partial charge is 0.497 e. The van der Waals surface area contributed by atoms with Crippen molar-refractivity contribution in [1.29, 1.82) is 0 Å². The molecule has 0 radical (unpaired) electrons. The van der Waals surface area contributed by atoms with Gasteiger partial charge in [-0.15, -0.1) is 0 Å². The van der Waals surface area contributed by atoms with Gasteiger partial charge < -0.3 is 9.47 Å². The van der Waals surface area contributed by atoms with Crippen LogP contribution in [-0.4, -0.2) is 18.5 Å². The highest BCUT2D eigenvalue weighted by Crippen LogP contribution is 2.37. The maximum atomic E-state index is 12.3. The molecular weight excluding hydrogens is 240 g/mol. The molecule has 0 saturated heterocycles. The number of ether oxygens (including phenoxy) is 2. The number of ketones is 1. The van der Waals surface area contributed by atoms with Gasteiger partial charge in [-0.25, -0.2) is 0 Å². The van der Waals surface area contributed by atoms with Gasteiger partial charge in [-0.2, -0.15) is 0 Å². The lowest BCUT2D eigenvalue weighted by Gasteiger charge is -2.35. The van der Waals surface area contributed by atoms with E-state index in [9.17, 15) is 4.79 Å². The summed E-state index contributed by atoms with van der Waals surface area (Å²) >= 11 is 0. The van der Waals surface area contributed by atoms with Gasteiger partial charge in [-0.05, 0) is 43.9 Å². The van der Waals surface area contributed by atoms with Crippen LogP contribution in [0.1, 0.15) is 50.4 Å². The van der Waals surface area contributed by atoms with E-state index in [4.69, 9.17) is 9.47 Å². The molecule has 0 saturated carbocycles. The predicted molar refractivity (Wildman–Crippen MR) is 75.0 cm³/mol. The second-order valence-corrected chi connectivity index (χ2v) is 5.95. The van der Waals surface area contributed by atoms with Crippen molar-refractivity contribution in [3.8, 4) is 11.5 Å². The van der Waals surface area contributed by atoms with Crippen LogP contribution >= 0.6 is 0 Å². The smallest absolute Gasteiger partial charge is 0.170 e. The highest BCUT2D eigenvalue weighted by atomic mass is 16.5. The molecule has 1 aromatic carbocycles. The highest BCUT2D eigenvalue weighted by Gasteiger charge is 2.36. The Balaban J connectivity index is 2.22. The van der Waals surface area contributed by atoms with Gasteiger partial charge in [0.1, 0.15) is 17.1 Å². The second-order valence-electron chi connectivity index (χ2n) is 5.95. The van der Waals surface area contributed by atoms with Crippen LogP contribution in [0.5, 0.6) is 11.5 Å². The third-order valence-corrected chi connectivity index (χ3v) is 3.63. The van der Waals surface area contributed by atoms with E-state index in [2.05, 4.69) is 13.8 Å². The Bertz CT molecular complexity index is 479. The van der Waals surface area contributed by atoms with Crippen LogP contribution in [-0.2, 0) is 0 Å². The molecule has 1 aliphatic rings. The molecular formula is C16H22O3. The van der Waals surface area contributed by atoms with E-state index in [-0.39, 0.29) is 11.4 Å². The summed E-state index contributed by atoms with van der Waals surface area (Å²) in [6, 6.07) is 5.43. The fourth-order valence-electron chi connectivity index (χ4n) is 2.41. The van der Waals surface area contributed by atoms with Gasteiger partial charge in [-0.3, -0.25) is 4.79 Å². The molecule has 1 unspecified atom stereocenters. The molecule has 1 aromatic rings. The highest BCUT2D eigenvalue weighted by molar-refractivity contribution is 6.00. The van der Waals surface area contributed by atoms with Crippen molar-refractivity contribution in [2.75, 3.05) is 7.11 Å². The number of rotatable bonds is 4. The molecule has 104 valence electrons. The van der Waals surface area contributed by atoms with Crippen molar-refractivity contribution in [3.05, 3.63) is 23.8 Å². The van der Waals surface area contributed by atoms with E-state index >= 15 is 0 Å². The number of hydrogen-bond acceptors (Lipinski definition) is 3. The van der Waals surface area contributed by atoms with Gasteiger partial charge in [0.25, 0.3) is 0 Å². The number of methoxy groups -OCH3 is 1. The minimum atomic E-state index is -0.372. The van der Waals surface area contributed by atoms with Crippen LogP contribution in [0.4, 0.5) is 0 Å². The summed E-state index contributed by atoms with van der Waals surface area (Å²) in [6.45, 7) is 6.40. The van der Waals surface area contributed by atoms with E-state index in [1.165, 1.54) is 0 Å². The number of fused-ring (bicyclic) bond motifs is 1. The molecule has 0 amide bonds. The number of Topliss-reactive ketones (excluding diaryl/α,β-unsaturated/α-hetero) is 1. The summed E-state index contributed by atoms with van der Waals surface area (Å²) < 4.78 is 11.2. The molecule has 0 N–H and O–H groups in total. The molecule has 3 heteroatoms. The molecule has 2 rings (SSSR count). The Morgan fingerprint density at radius 2 is 2.16 bits per heavy atom. The monoisotopic (exact) mass is 262 g/mol. The molecule has 0 spiro atoms. The number of hydrogen-bond donors (Lipinski definition) is 0. The first-order valence-electron chi connectivity index (χ1n) is 6.84. The number of benzene rings is 1. The lowest BCUT2D eigenvalue weighted by atomic mass is 9.86. The van der Waals surface area contributed by atoms with E-state index in [1.54, 1.807) is 13.2 Å². The molecule has 1 aliphatic heterocycles. The first kappa shape index (κ1) is 13.9. The standard InChI is InChI=1S/C16H22O3/c1-11(2)7-8-16(3)10-14(17)13-9-12(18-4)5-6-15(13)19-16/h5-6,9,11H,7-8,10H2,1-4H3. The van der Waals surface area contributed by atoms with Crippen molar-refractivity contribution < 1.29 is 14.3 Å². The Labute approximate surface area is 114 Å². The topological polar surface area (TPSA) is 35.5 Å². The van der Waals surface area contributed by atoms with Crippen molar-refractivity contribution in [2.24, 2.45) is 5.92 Å². The van der Waals surface area contributed by atoms with Crippen LogP contribution in [0, 0.1) is 5.92 Å². The predicted octanol–water partition coefficient (Wildman–Crippen LogP) is 3.86. The lowest BCUT2D eigenvalue weighted by Crippen LogP contribution is -2.39. The van der Waals surface area contributed by atoms with Crippen molar-refractivity contribution >= 4 is 5.78 Å². The summed E-state index contributed by atoms with van der Waals surface area (Å²) in [7, 11) is 1.60. The molecule has 3 nitrogen and oxygen atoms in total. The van der Waals surface area contributed by atoms with Gasteiger partial charge in [0, 0.05) is 0 Å². The van der Waals surface area contributed by atoms with Crippen LogP contribution in [0.15, 0.2) is 18.2 Å². The van der Waals surface area contributed by atoms with Crippen LogP contribution in [0.25, 0.3) is 0 Å². The van der Waals surface area contributed by atoms with E-state index in [1.807, 2.05) is 19.1 Å². The van der Waals surface area contributed by atoms with Gasteiger partial charge in [0.05, 0.1) is 19.1 Å². The Morgan fingerprint density at radius 1 is 1.42 bits per heavy atom. The lowest BCUT2D eigenvalue weighted by molar-refractivity contribution is 0.0435. The fraction of sp³-hybridized carbons (Fsp3) is 0.562. The third kappa shape index (κ3) is 3.09. The summed E-state index contributed by atoms with van der Waals surface area (Å²) in [4.78, 5) is 12.3. The van der Waals surface area contributed by atoms with Crippen LogP contribution < -0.4 is 9.47 Å². The minimum Gasteiger partial charge on any atom is -0.497 e. The van der Waals surface area contributed by atoms with Crippen molar-refractivity contribution in [3.63, 3.8) is 0 Å². The first-order valence-corrected chi connectivity index (χ1v) is 6.84. The minimum absolute atomic E-state index is 0.145. The van der Waals surface area contributed by atoms with Crippen LogP contribution in [0.3, 0.4) is 0 Å². The van der Waals surface area contributed by atoms with Crippen molar-refractivity contribution in [1.82, 2.24) is 0 Å². The van der Waals surface area contributed by atoms with E-state index in [0.29, 0.717) is 29.4 Å². The van der Waals surface area contributed by atoms with E-state index < -0.39 is 0 Å². The molecule has 0 aromatic heterocycles. The van der Waals surface area contributed by atoms with Gasteiger partial charge >= 0.3 is 0 Å². The summed E-state index contributed by atoms with van der Waals surface area (Å²) in [6.07, 6.45) is 2.41. The van der Waals surface area contributed by atoms with Gasteiger partial charge in [0.15, 0.2) is 5.78 Å². The average Bonchev–Trinajstić information content (AvgIpc) is 2.36. The molecule has 0 fully saturated rings. The number of carbonyl (C=O) groups is 1. The van der Waals surface area contributed by atoms with Gasteiger partial charge in [-0.1, -0.05) is 13.8 Å². The molecule has 1 heterocycles. The molecule has 0 aliphatic carbocycles. The second kappa shape index (κ2) is 5.24. The zero-order valence-electron chi connectivity index (χ0n) is 12.2. The maximum Gasteiger partial charge on any atom is 0.170 e. The summed E-state index contributed by atoms with van der Waals surface area (Å²) in [5, 5.41) is 0. The Kier molecular flexibility index (Phi) is 3.83. The zero-order chi connectivity index (χ0) is 14.0. The Morgan fingerprint density at radius 3 is 2.79 bits per heavy atom. The first-order chi connectivity index (χ1) is 8.93. The molecule has 19 heavy (non-hydrogen) atoms. The third-order valence-electron chi connectivity index (χ3n) is 3.63. The summed E-state index contributed by atoms with van der Waals surface area (Å²) in [5.41, 5.74) is 0.268.